The molecule has 0 aliphatic rings. The van der Waals surface area contributed by atoms with E-state index in [1.807, 2.05) is 30.7 Å². The van der Waals surface area contributed by atoms with E-state index in [1.54, 1.807) is 6.07 Å². The normalized spacial score (nSPS) is 12.9. The Bertz CT molecular complexity index is 571. The quantitative estimate of drug-likeness (QED) is 0.923. The second-order valence-corrected chi connectivity index (χ2v) is 5.87. The third kappa shape index (κ3) is 3.35. The van der Waals surface area contributed by atoms with E-state index in [4.69, 9.17) is 11.6 Å². The van der Waals surface area contributed by atoms with Gasteiger partial charge in [0.25, 0.3) is 0 Å². The van der Waals surface area contributed by atoms with Gasteiger partial charge in [0.05, 0.1) is 11.1 Å². The first-order valence-electron chi connectivity index (χ1n) is 6.00. The molecule has 2 aromatic rings. The van der Waals surface area contributed by atoms with Crippen molar-refractivity contribution < 1.29 is 5.11 Å². The Morgan fingerprint density at radius 1 is 1.42 bits per heavy atom. The van der Waals surface area contributed by atoms with Crippen LogP contribution >= 0.6 is 27.5 Å². The Balaban J connectivity index is 2.18. The SMILES string of the molecule is CC(C)n1ncnc1CC(O)c1ccc(Cl)c(Br)c1. The van der Waals surface area contributed by atoms with Crippen LogP contribution in [0.15, 0.2) is 29.0 Å². The van der Waals surface area contributed by atoms with Gasteiger partial charge in [0.1, 0.15) is 12.2 Å². The third-order valence-electron chi connectivity index (χ3n) is 2.84. The largest absolute Gasteiger partial charge is 0.388 e. The molecule has 0 spiro atoms. The lowest BCUT2D eigenvalue weighted by molar-refractivity contribution is 0.173. The summed E-state index contributed by atoms with van der Waals surface area (Å²) < 4.78 is 2.59. The van der Waals surface area contributed by atoms with Crippen LogP contribution in [0.5, 0.6) is 0 Å². The number of rotatable bonds is 4. The van der Waals surface area contributed by atoms with Crippen molar-refractivity contribution in [2.45, 2.75) is 32.4 Å². The van der Waals surface area contributed by atoms with Gasteiger partial charge in [-0.05, 0) is 47.5 Å². The zero-order valence-electron chi connectivity index (χ0n) is 10.7. The van der Waals surface area contributed by atoms with Crippen LogP contribution in [0.25, 0.3) is 0 Å². The van der Waals surface area contributed by atoms with Gasteiger partial charge in [0, 0.05) is 16.9 Å². The van der Waals surface area contributed by atoms with Gasteiger partial charge in [-0.1, -0.05) is 17.7 Å². The topological polar surface area (TPSA) is 50.9 Å². The van der Waals surface area contributed by atoms with Gasteiger partial charge in [-0.2, -0.15) is 5.10 Å². The standard InChI is InChI=1S/C13H15BrClN3O/c1-8(2)18-13(16-7-17-18)6-12(19)9-3-4-11(15)10(14)5-9/h3-5,7-8,12,19H,6H2,1-2H3. The molecule has 102 valence electrons. The molecule has 1 unspecified atom stereocenters. The highest BCUT2D eigenvalue weighted by Crippen LogP contribution is 2.27. The van der Waals surface area contributed by atoms with E-state index < -0.39 is 6.10 Å². The number of aliphatic hydroxyl groups excluding tert-OH is 1. The molecule has 1 N–H and O–H groups in total. The molecule has 0 amide bonds. The van der Waals surface area contributed by atoms with Crippen LogP contribution in [0, 0.1) is 0 Å². The Labute approximate surface area is 125 Å². The van der Waals surface area contributed by atoms with Gasteiger partial charge in [0.2, 0.25) is 0 Å². The average molecular weight is 345 g/mol. The molecule has 1 aromatic carbocycles. The Hall–Kier alpha value is -0.910. The molecule has 0 saturated heterocycles. The van der Waals surface area contributed by atoms with Crippen molar-refractivity contribution in [1.82, 2.24) is 14.8 Å². The molecular weight excluding hydrogens is 330 g/mol. The summed E-state index contributed by atoms with van der Waals surface area (Å²) in [6.45, 7) is 4.06. The van der Waals surface area contributed by atoms with E-state index in [9.17, 15) is 5.11 Å². The van der Waals surface area contributed by atoms with Gasteiger partial charge >= 0.3 is 0 Å². The minimum atomic E-state index is -0.629. The molecule has 1 aromatic heterocycles. The molecule has 0 aliphatic heterocycles. The fraction of sp³-hybridized carbons (Fsp3) is 0.385. The number of aliphatic hydroxyl groups is 1. The van der Waals surface area contributed by atoms with E-state index in [2.05, 4.69) is 26.0 Å². The van der Waals surface area contributed by atoms with Crippen molar-refractivity contribution in [1.29, 1.82) is 0 Å². The molecule has 0 saturated carbocycles. The first kappa shape index (κ1) is 14.5. The Kier molecular flexibility index (Phi) is 4.60. The highest BCUT2D eigenvalue weighted by Gasteiger charge is 2.15. The fourth-order valence-electron chi connectivity index (χ4n) is 1.86. The molecule has 0 fully saturated rings. The van der Waals surface area contributed by atoms with Crippen molar-refractivity contribution in [3.05, 3.63) is 45.4 Å². The maximum Gasteiger partial charge on any atom is 0.138 e. The Morgan fingerprint density at radius 2 is 2.16 bits per heavy atom. The lowest BCUT2D eigenvalue weighted by atomic mass is 10.1. The smallest absolute Gasteiger partial charge is 0.138 e. The summed E-state index contributed by atoms with van der Waals surface area (Å²) in [6.07, 6.45) is 1.31. The van der Waals surface area contributed by atoms with Gasteiger partial charge in [-0.15, -0.1) is 0 Å². The molecule has 4 nitrogen and oxygen atoms in total. The molecule has 0 aliphatic carbocycles. The van der Waals surface area contributed by atoms with Crippen molar-refractivity contribution in [2.75, 3.05) is 0 Å². The van der Waals surface area contributed by atoms with Crippen molar-refractivity contribution >= 4 is 27.5 Å². The highest BCUT2D eigenvalue weighted by molar-refractivity contribution is 9.10. The molecule has 1 atom stereocenters. The zero-order valence-corrected chi connectivity index (χ0v) is 13.1. The maximum atomic E-state index is 10.3. The van der Waals surface area contributed by atoms with Gasteiger partial charge in [-0.25, -0.2) is 9.67 Å². The number of halogens is 2. The van der Waals surface area contributed by atoms with Crippen LogP contribution in [-0.4, -0.2) is 19.9 Å². The summed E-state index contributed by atoms with van der Waals surface area (Å²) in [6, 6.07) is 5.62. The van der Waals surface area contributed by atoms with Crippen LogP contribution in [0.2, 0.25) is 5.02 Å². The van der Waals surface area contributed by atoms with E-state index >= 15 is 0 Å². The van der Waals surface area contributed by atoms with E-state index in [0.717, 1.165) is 15.9 Å². The first-order valence-corrected chi connectivity index (χ1v) is 7.17. The third-order valence-corrected chi connectivity index (χ3v) is 4.05. The molecule has 1 heterocycles. The number of benzene rings is 1. The molecule has 19 heavy (non-hydrogen) atoms. The van der Waals surface area contributed by atoms with E-state index in [-0.39, 0.29) is 6.04 Å². The van der Waals surface area contributed by atoms with Crippen molar-refractivity contribution in [2.24, 2.45) is 0 Å². The van der Waals surface area contributed by atoms with Crippen LogP contribution in [0.1, 0.15) is 37.4 Å². The van der Waals surface area contributed by atoms with Crippen LogP contribution in [0.4, 0.5) is 0 Å². The maximum absolute atomic E-state index is 10.3. The molecular formula is C13H15BrClN3O. The van der Waals surface area contributed by atoms with Gasteiger partial charge in [-0.3, -0.25) is 0 Å². The summed E-state index contributed by atoms with van der Waals surface area (Å²) in [4.78, 5) is 4.20. The molecule has 0 bridgehead atoms. The summed E-state index contributed by atoms with van der Waals surface area (Å²) in [5, 5.41) is 15.1. The predicted molar refractivity (Wildman–Crippen MR) is 78.2 cm³/mol. The number of hydrogen-bond donors (Lipinski definition) is 1. The summed E-state index contributed by atoms with van der Waals surface area (Å²) in [5.74, 6) is 0.772. The highest BCUT2D eigenvalue weighted by atomic mass is 79.9. The summed E-state index contributed by atoms with van der Waals surface area (Å²) in [5.41, 5.74) is 0.801. The minimum absolute atomic E-state index is 0.224. The number of nitrogens with zero attached hydrogens (tertiary/aromatic N) is 3. The molecule has 6 heteroatoms. The number of aromatic nitrogens is 3. The zero-order chi connectivity index (χ0) is 14.0. The summed E-state index contributed by atoms with van der Waals surface area (Å²) >= 11 is 9.29. The number of hydrogen-bond acceptors (Lipinski definition) is 3. The lowest BCUT2D eigenvalue weighted by Gasteiger charge is -2.14. The van der Waals surface area contributed by atoms with Crippen molar-refractivity contribution in [3.63, 3.8) is 0 Å². The van der Waals surface area contributed by atoms with Crippen molar-refractivity contribution in [3.8, 4) is 0 Å². The summed E-state index contributed by atoms with van der Waals surface area (Å²) in [7, 11) is 0. The van der Waals surface area contributed by atoms with E-state index in [0.29, 0.717) is 11.4 Å². The average Bonchev–Trinajstić information content (AvgIpc) is 2.80. The monoisotopic (exact) mass is 343 g/mol. The van der Waals surface area contributed by atoms with E-state index in [1.165, 1.54) is 6.33 Å². The van der Waals surface area contributed by atoms with Gasteiger partial charge in [0.15, 0.2) is 0 Å². The van der Waals surface area contributed by atoms with Crippen LogP contribution in [-0.2, 0) is 6.42 Å². The minimum Gasteiger partial charge on any atom is -0.388 e. The first-order chi connectivity index (χ1) is 8.99. The second kappa shape index (κ2) is 6.03. The van der Waals surface area contributed by atoms with Crippen LogP contribution in [0.3, 0.4) is 0 Å². The Morgan fingerprint density at radius 3 is 2.79 bits per heavy atom. The molecule has 2 rings (SSSR count). The second-order valence-electron chi connectivity index (χ2n) is 4.61. The lowest BCUT2D eigenvalue weighted by Crippen LogP contribution is -2.12. The van der Waals surface area contributed by atoms with Crippen LogP contribution < -0.4 is 0 Å². The van der Waals surface area contributed by atoms with Gasteiger partial charge < -0.3 is 5.11 Å². The predicted octanol–water partition coefficient (Wildman–Crippen LogP) is 3.55. The fourth-order valence-corrected chi connectivity index (χ4v) is 2.38. The molecule has 0 radical (unpaired) electrons.